The number of hydrogen-bond donors (Lipinski definition) is 0. The minimum absolute atomic E-state index is 0.0689. The lowest BCUT2D eigenvalue weighted by Gasteiger charge is -2.35. The molecule has 0 N–H and O–H groups in total. The number of nitrogens with zero attached hydrogens (tertiary/aromatic N) is 2. The van der Waals surface area contributed by atoms with E-state index in [0.29, 0.717) is 17.6 Å². The standard InChI is InChI=1S/C19H22ClFN2O2/c1-22-12-6-7-13(22)11-14(10-12)25-19(24)17-15-4-2-3-5-16(15)23(9-8-21)18(17)20/h2-5,12-14H,6-11H2,1H3/t12-,13+,14+. The van der Waals surface area contributed by atoms with Gasteiger partial charge >= 0.3 is 5.97 Å². The third kappa shape index (κ3) is 2.83. The van der Waals surface area contributed by atoms with Crippen LogP contribution in [0.3, 0.4) is 0 Å². The van der Waals surface area contributed by atoms with E-state index in [2.05, 4.69) is 11.9 Å². The number of alkyl halides is 1. The molecule has 4 nitrogen and oxygen atoms in total. The molecule has 2 saturated heterocycles. The number of fused-ring (bicyclic) bond motifs is 3. The molecule has 1 aromatic heterocycles. The number of piperidine rings is 1. The van der Waals surface area contributed by atoms with Crippen molar-refractivity contribution in [2.75, 3.05) is 13.7 Å². The molecule has 3 atom stereocenters. The van der Waals surface area contributed by atoms with Crippen LogP contribution in [0, 0.1) is 0 Å². The van der Waals surface area contributed by atoms with Crippen molar-refractivity contribution in [3.8, 4) is 0 Å². The average Bonchev–Trinajstić information content (AvgIpc) is 2.97. The molecular weight excluding hydrogens is 343 g/mol. The number of rotatable bonds is 4. The highest BCUT2D eigenvalue weighted by molar-refractivity contribution is 6.35. The molecule has 0 radical (unpaired) electrons. The summed E-state index contributed by atoms with van der Waals surface area (Å²) in [5, 5.41) is 0.988. The van der Waals surface area contributed by atoms with Gasteiger partial charge in [0.15, 0.2) is 0 Å². The lowest BCUT2D eigenvalue weighted by Crippen LogP contribution is -2.43. The van der Waals surface area contributed by atoms with E-state index in [1.54, 1.807) is 4.57 Å². The van der Waals surface area contributed by atoms with Crippen molar-refractivity contribution in [2.24, 2.45) is 0 Å². The monoisotopic (exact) mass is 364 g/mol. The van der Waals surface area contributed by atoms with E-state index in [0.717, 1.165) is 23.7 Å². The summed E-state index contributed by atoms with van der Waals surface area (Å²) >= 11 is 6.42. The highest BCUT2D eigenvalue weighted by atomic mass is 35.5. The summed E-state index contributed by atoms with van der Waals surface area (Å²) in [6, 6.07) is 8.40. The van der Waals surface area contributed by atoms with E-state index in [9.17, 15) is 9.18 Å². The molecule has 0 amide bonds. The van der Waals surface area contributed by atoms with Crippen molar-refractivity contribution in [2.45, 2.75) is 50.4 Å². The zero-order valence-electron chi connectivity index (χ0n) is 14.3. The molecule has 2 aliphatic heterocycles. The second-order valence-corrected chi connectivity index (χ2v) is 7.43. The molecule has 0 unspecified atom stereocenters. The van der Waals surface area contributed by atoms with Crippen LogP contribution in [0.1, 0.15) is 36.0 Å². The number of benzene rings is 1. The number of ether oxygens (including phenoxy) is 1. The summed E-state index contributed by atoms with van der Waals surface area (Å²) in [5.74, 6) is -0.396. The van der Waals surface area contributed by atoms with Gasteiger partial charge in [-0.15, -0.1) is 0 Å². The lowest BCUT2D eigenvalue weighted by molar-refractivity contribution is -0.000268. The number of para-hydroxylation sites is 1. The molecule has 2 fully saturated rings. The van der Waals surface area contributed by atoms with Gasteiger partial charge in [-0.1, -0.05) is 29.8 Å². The molecule has 2 aromatic rings. The van der Waals surface area contributed by atoms with Crippen LogP contribution in [0.15, 0.2) is 24.3 Å². The fraction of sp³-hybridized carbons (Fsp3) is 0.526. The molecule has 0 aliphatic carbocycles. The third-order valence-electron chi connectivity index (χ3n) is 5.75. The van der Waals surface area contributed by atoms with Crippen molar-refractivity contribution in [1.82, 2.24) is 9.47 Å². The van der Waals surface area contributed by atoms with Gasteiger partial charge in [-0.2, -0.15) is 0 Å². The van der Waals surface area contributed by atoms with Gasteiger partial charge in [0.2, 0.25) is 0 Å². The second kappa shape index (κ2) is 6.61. The summed E-state index contributed by atoms with van der Waals surface area (Å²) in [4.78, 5) is 15.3. The number of aryl methyl sites for hydroxylation is 1. The van der Waals surface area contributed by atoms with Crippen molar-refractivity contribution >= 4 is 28.5 Å². The molecule has 0 spiro atoms. The van der Waals surface area contributed by atoms with Crippen LogP contribution >= 0.6 is 11.6 Å². The summed E-state index contributed by atoms with van der Waals surface area (Å²) in [6.07, 6.45) is 4.02. The second-order valence-electron chi connectivity index (χ2n) is 7.07. The first kappa shape index (κ1) is 16.9. The molecule has 0 saturated carbocycles. The van der Waals surface area contributed by atoms with Crippen LogP contribution in [-0.4, -0.2) is 47.3 Å². The van der Waals surface area contributed by atoms with E-state index < -0.39 is 12.6 Å². The Labute approximate surface area is 151 Å². The molecule has 134 valence electrons. The Bertz CT molecular complexity index is 792. The molecule has 2 bridgehead atoms. The van der Waals surface area contributed by atoms with Crippen molar-refractivity contribution in [1.29, 1.82) is 0 Å². The van der Waals surface area contributed by atoms with Crippen molar-refractivity contribution < 1.29 is 13.9 Å². The summed E-state index contributed by atoms with van der Waals surface area (Å²) in [5.41, 5.74) is 1.12. The van der Waals surface area contributed by atoms with Crippen LogP contribution < -0.4 is 0 Å². The highest BCUT2D eigenvalue weighted by Gasteiger charge is 2.40. The Kier molecular flexibility index (Phi) is 4.46. The van der Waals surface area contributed by atoms with E-state index in [4.69, 9.17) is 16.3 Å². The Morgan fingerprint density at radius 2 is 1.96 bits per heavy atom. The largest absolute Gasteiger partial charge is 0.459 e. The molecule has 25 heavy (non-hydrogen) atoms. The molecule has 2 aliphatic rings. The van der Waals surface area contributed by atoms with Gasteiger partial charge in [-0.05, 0) is 26.0 Å². The van der Waals surface area contributed by atoms with Gasteiger partial charge in [-0.25, -0.2) is 9.18 Å². The van der Waals surface area contributed by atoms with Crippen molar-refractivity contribution in [3.63, 3.8) is 0 Å². The Morgan fingerprint density at radius 3 is 2.64 bits per heavy atom. The van der Waals surface area contributed by atoms with Crippen LogP contribution in [-0.2, 0) is 11.3 Å². The van der Waals surface area contributed by atoms with Crippen LogP contribution in [0.2, 0.25) is 5.15 Å². The Morgan fingerprint density at radius 1 is 1.28 bits per heavy atom. The minimum Gasteiger partial charge on any atom is -0.459 e. The third-order valence-corrected chi connectivity index (χ3v) is 6.14. The predicted molar refractivity (Wildman–Crippen MR) is 95.9 cm³/mol. The summed E-state index contributed by atoms with van der Waals surface area (Å²) in [7, 11) is 2.15. The minimum atomic E-state index is -0.537. The SMILES string of the molecule is CN1[C@@H]2CC[C@H]1C[C@@H](OC(=O)c1c(Cl)n(CCF)c3ccccc13)C2. The zero-order chi connectivity index (χ0) is 17.6. The van der Waals surface area contributed by atoms with Gasteiger partial charge < -0.3 is 14.2 Å². The van der Waals surface area contributed by atoms with Crippen LogP contribution in [0.5, 0.6) is 0 Å². The fourth-order valence-electron chi connectivity index (χ4n) is 4.44. The summed E-state index contributed by atoms with van der Waals surface area (Å²) in [6.45, 7) is -0.407. The fourth-order valence-corrected chi connectivity index (χ4v) is 4.79. The number of carbonyl (C=O) groups is 1. The predicted octanol–water partition coefficient (Wildman–Crippen LogP) is 4.05. The number of hydrogen-bond acceptors (Lipinski definition) is 3. The molecular formula is C19H22ClFN2O2. The first-order valence-electron chi connectivity index (χ1n) is 8.85. The Hall–Kier alpha value is -1.59. The molecule has 1 aromatic carbocycles. The molecule has 3 heterocycles. The van der Waals surface area contributed by atoms with E-state index in [-0.39, 0.29) is 17.8 Å². The van der Waals surface area contributed by atoms with E-state index >= 15 is 0 Å². The van der Waals surface area contributed by atoms with Gasteiger partial charge in [-0.3, -0.25) is 0 Å². The first-order chi connectivity index (χ1) is 12.1. The summed E-state index contributed by atoms with van der Waals surface area (Å²) < 4.78 is 20.4. The molecule has 4 rings (SSSR count). The van der Waals surface area contributed by atoms with Crippen LogP contribution in [0.25, 0.3) is 10.9 Å². The quantitative estimate of drug-likeness (QED) is 0.768. The highest BCUT2D eigenvalue weighted by Crippen LogP contribution is 2.37. The van der Waals surface area contributed by atoms with Gasteiger partial charge in [0.25, 0.3) is 0 Å². The van der Waals surface area contributed by atoms with E-state index in [1.807, 2.05) is 24.3 Å². The normalized spacial score (nSPS) is 26.3. The topological polar surface area (TPSA) is 34.5 Å². The molecule has 6 heteroatoms. The van der Waals surface area contributed by atoms with Gasteiger partial charge in [0, 0.05) is 30.3 Å². The first-order valence-corrected chi connectivity index (χ1v) is 9.23. The maximum Gasteiger partial charge on any atom is 0.342 e. The number of halogens is 2. The van der Waals surface area contributed by atoms with Gasteiger partial charge in [0.05, 0.1) is 12.1 Å². The Balaban J connectivity index is 1.61. The van der Waals surface area contributed by atoms with E-state index in [1.165, 1.54) is 12.8 Å². The smallest absolute Gasteiger partial charge is 0.342 e. The number of esters is 1. The zero-order valence-corrected chi connectivity index (χ0v) is 15.0. The lowest BCUT2D eigenvalue weighted by atomic mass is 10.0. The van der Waals surface area contributed by atoms with Gasteiger partial charge in [0.1, 0.15) is 23.5 Å². The average molecular weight is 365 g/mol. The maximum absolute atomic E-state index is 12.9. The maximum atomic E-state index is 12.9. The van der Waals surface area contributed by atoms with Crippen LogP contribution in [0.4, 0.5) is 4.39 Å². The van der Waals surface area contributed by atoms with Crippen molar-refractivity contribution in [3.05, 3.63) is 35.0 Å². The number of aromatic nitrogens is 1. The number of carbonyl (C=O) groups excluding carboxylic acids is 1.